The summed E-state index contributed by atoms with van der Waals surface area (Å²) >= 11 is 3.41. The van der Waals surface area contributed by atoms with Crippen LogP contribution in [0.15, 0.2) is 53.0 Å². The monoisotopic (exact) mass is 404 g/mol. The summed E-state index contributed by atoms with van der Waals surface area (Å²) in [4.78, 5) is 0. The molecule has 120 valence electrons. The standard InChI is InChI=1S/C15H8BrF3O3S/c16-13-9-5-1-3-7-11(9)14(12-8-4-2-6-10(12)13)22-23(20,21)15(17,18)19/h1-8H. The molecule has 0 heterocycles. The Labute approximate surface area is 137 Å². The number of alkyl halides is 3. The molecule has 0 saturated heterocycles. The van der Waals surface area contributed by atoms with Crippen LogP contribution < -0.4 is 4.18 Å². The zero-order valence-electron chi connectivity index (χ0n) is 11.3. The van der Waals surface area contributed by atoms with Crippen LogP contribution in [0.4, 0.5) is 13.2 Å². The van der Waals surface area contributed by atoms with Gasteiger partial charge in [0.05, 0.1) is 0 Å². The summed E-state index contributed by atoms with van der Waals surface area (Å²) in [7, 11) is -5.76. The molecule has 3 nitrogen and oxygen atoms in total. The minimum absolute atomic E-state index is 0.269. The van der Waals surface area contributed by atoms with E-state index in [9.17, 15) is 21.6 Å². The fourth-order valence-electron chi connectivity index (χ4n) is 2.28. The Bertz CT molecular complexity index is 957. The van der Waals surface area contributed by atoms with E-state index >= 15 is 0 Å². The quantitative estimate of drug-likeness (QED) is 0.343. The Morgan fingerprint density at radius 2 is 1.22 bits per heavy atom. The first-order valence-electron chi connectivity index (χ1n) is 6.32. The summed E-state index contributed by atoms with van der Waals surface area (Å²) in [5, 5.41) is 1.65. The van der Waals surface area contributed by atoms with Crippen molar-refractivity contribution in [3.8, 4) is 5.75 Å². The SMILES string of the molecule is O=S(=O)(Oc1c2ccccc2c(Br)c2ccccc12)C(F)(F)F. The van der Waals surface area contributed by atoms with Crippen molar-refractivity contribution < 1.29 is 25.8 Å². The minimum atomic E-state index is -5.76. The van der Waals surface area contributed by atoms with Gasteiger partial charge in [0.25, 0.3) is 0 Å². The lowest BCUT2D eigenvalue weighted by Gasteiger charge is -2.15. The second-order valence-electron chi connectivity index (χ2n) is 4.72. The first kappa shape index (κ1) is 16.1. The molecule has 0 atom stereocenters. The fourth-order valence-corrected chi connectivity index (χ4v) is 3.47. The van der Waals surface area contributed by atoms with Crippen molar-refractivity contribution >= 4 is 47.6 Å². The Hall–Kier alpha value is -1.80. The fraction of sp³-hybridized carbons (Fsp3) is 0.0667. The summed E-state index contributed by atoms with van der Waals surface area (Å²) in [6.45, 7) is 0. The summed E-state index contributed by atoms with van der Waals surface area (Å²) in [5.74, 6) is -0.336. The average molecular weight is 405 g/mol. The molecule has 0 aromatic heterocycles. The van der Waals surface area contributed by atoms with Crippen LogP contribution in [0.2, 0.25) is 0 Å². The van der Waals surface area contributed by atoms with Gasteiger partial charge in [-0.05, 0) is 15.9 Å². The van der Waals surface area contributed by atoms with Crippen LogP contribution in [-0.2, 0) is 10.1 Å². The maximum absolute atomic E-state index is 12.7. The summed E-state index contributed by atoms with van der Waals surface area (Å²) in [6, 6.07) is 12.9. The first-order chi connectivity index (χ1) is 10.7. The van der Waals surface area contributed by atoms with Gasteiger partial charge in [0.2, 0.25) is 0 Å². The van der Waals surface area contributed by atoms with E-state index in [2.05, 4.69) is 20.1 Å². The minimum Gasteiger partial charge on any atom is -0.375 e. The highest BCUT2D eigenvalue weighted by Gasteiger charge is 2.49. The van der Waals surface area contributed by atoms with Gasteiger partial charge < -0.3 is 4.18 Å². The maximum atomic E-state index is 12.7. The lowest BCUT2D eigenvalue weighted by atomic mass is 10.0. The number of hydrogen-bond acceptors (Lipinski definition) is 3. The van der Waals surface area contributed by atoms with E-state index in [1.54, 1.807) is 36.4 Å². The smallest absolute Gasteiger partial charge is 0.375 e. The number of rotatable bonds is 2. The van der Waals surface area contributed by atoms with E-state index in [0.29, 0.717) is 15.2 Å². The van der Waals surface area contributed by atoms with Gasteiger partial charge in [-0.1, -0.05) is 48.5 Å². The van der Waals surface area contributed by atoms with Crippen molar-refractivity contribution in [3.05, 3.63) is 53.0 Å². The average Bonchev–Trinajstić information content (AvgIpc) is 2.50. The van der Waals surface area contributed by atoms with Gasteiger partial charge in [-0.3, -0.25) is 0 Å². The lowest BCUT2D eigenvalue weighted by molar-refractivity contribution is -0.0499. The summed E-state index contributed by atoms with van der Waals surface area (Å²) in [5.41, 5.74) is -5.50. The van der Waals surface area contributed by atoms with Gasteiger partial charge in [-0.15, -0.1) is 0 Å². The van der Waals surface area contributed by atoms with E-state index < -0.39 is 15.6 Å². The molecule has 0 radical (unpaired) electrons. The van der Waals surface area contributed by atoms with Gasteiger partial charge in [-0.25, -0.2) is 0 Å². The van der Waals surface area contributed by atoms with Gasteiger partial charge >= 0.3 is 15.6 Å². The molecule has 3 aromatic carbocycles. The number of hydrogen-bond donors (Lipinski definition) is 0. The molecule has 0 bridgehead atoms. The number of benzene rings is 3. The zero-order chi connectivity index (χ0) is 16.8. The van der Waals surface area contributed by atoms with Crippen molar-refractivity contribution in [2.75, 3.05) is 0 Å². The van der Waals surface area contributed by atoms with E-state index in [0.717, 1.165) is 0 Å². The van der Waals surface area contributed by atoms with Crippen molar-refractivity contribution in [2.24, 2.45) is 0 Å². The van der Waals surface area contributed by atoms with E-state index in [4.69, 9.17) is 0 Å². The summed E-state index contributed by atoms with van der Waals surface area (Å²) < 4.78 is 66.0. The number of fused-ring (bicyclic) bond motifs is 2. The second kappa shape index (κ2) is 5.38. The first-order valence-corrected chi connectivity index (χ1v) is 8.52. The molecule has 0 aliphatic heterocycles. The third-order valence-corrected chi connectivity index (χ3v) is 5.10. The predicted molar refractivity (Wildman–Crippen MR) is 84.8 cm³/mol. The van der Waals surface area contributed by atoms with Crippen LogP contribution in [0.5, 0.6) is 5.75 Å². The Balaban J connectivity index is 2.40. The van der Waals surface area contributed by atoms with Crippen LogP contribution in [0.25, 0.3) is 21.5 Å². The van der Waals surface area contributed by atoms with Gasteiger partial charge in [0, 0.05) is 26.0 Å². The van der Waals surface area contributed by atoms with Crippen LogP contribution in [0.3, 0.4) is 0 Å². The molecule has 0 N–H and O–H groups in total. The molecule has 0 aliphatic rings. The molecule has 3 rings (SSSR count). The van der Waals surface area contributed by atoms with Crippen molar-refractivity contribution in [1.82, 2.24) is 0 Å². The Kier molecular flexibility index (Phi) is 3.76. The largest absolute Gasteiger partial charge is 0.534 e. The molecule has 0 saturated carbocycles. The van der Waals surface area contributed by atoms with E-state index in [1.165, 1.54) is 12.1 Å². The van der Waals surface area contributed by atoms with Gasteiger partial charge in [-0.2, -0.15) is 21.6 Å². The van der Waals surface area contributed by atoms with Gasteiger partial charge in [0.1, 0.15) is 0 Å². The molecule has 0 fully saturated rings. The maximum Gasteiger partial charge on any atom is 0.534 e. The van der Waals surface area contributed by atoms with Crippen molar-refractivity contribution in [3.63, 3.8) is 0 Å². The van der Waals surface area contributed by atoms with E-state index in [-0.39, 0.29) is 16.5 Å². The van der Waals surface area contributed by atoms with Crippen LogP contribution in [-0.4, -0.2) is 13.9 Å². The highest BCUT2D eigenvalue weighted by Crippen LogP contribution is 2.42. The zero-order valence-corrected chi connectivity index (χ0v) is 13.7. The predicted octanol–water partition coefficient (Wildman–Crippen LogP) is 4.98. The third kappa shape index (κ3) is 2.66. The van der Waals surface area contributed by atoms with Crippen LogP contribution in [0, 0.1) is 0 Å². The van der Waals surface area contributed by atoms with Crippen LogP contribution in [0.1, 0.15) is 0 Å². The molecule has 0 amide bonds. The topological polar surface area (TPSA) is 43.4 Å². The van der Waals surface area contributed by atoms with E-state index in [1.807, 2.05) is 0 Å². The van der Waals surface area contributed by atoms with Gasteiger partial charge in [0.15, 0.2) is 5.75 Å². The third-order valence-electron chi connectivity index (χ3n) is 3.29. The van der Waals surface area contributed by atoms with Crippen molar-refractivity contribution in [2.45, 2.75) is 5.51 Å². The molecular weight excluding hydrogens is 397 g/mol. The van der Waals surface area contributed by atoms with Crippen LogP contribution >= 0.6 is 15.9 Å². The molecule has 3 aromatic rings. The lowest BCUT2D eigenvalue weighted by Crippen LogP contribution is -2.28. The molecule has 0 unspecified atom stereocenters. The molecule has 8 heteroatoms. The Morgan fingerprint density at radius 3 is 1.61 bits per heavy atom. The highest BCUT2D eigenvalue weighted by molar-refractivity contribution is 9.10. The van der Waals surface area contributed by atoms with Crippen molar-refractivity contribution in [1.29, 1.82) is 0 Å². The molecular formula is C15H8BrF3O3S. The number of halogens is 4. The Morgan fingerprint density at radius 1 is 0.826 bits per heavy atom. The second-order valence-corrected chi connectivity index (χ2v) is 7.05. The molecule has 0 spiro atoms. The molecule has 23 heavy (non-hydrogen) atoms. The normalized spacial score (nSPS) is 12.7. The molecule has 0 aliphatic carbocycles. The highest BCUT2D eigenvalue weighted by atomic mass is 79.9. The summed E-state index contributed by atoms with van der Waals surface area (Å²) in [6.07, 6.45) is 0.